The highest BCUT2D eigenvalue weighted by Crippen LogP contribution is 2.23. The van der Waals surface area contributed by atoms with E-state index in [4.69, 9.17) is 9.16 Å². The molecule has 1 aromatic carbocycles. The van der Waals surface area contributed by atoms with Gasteiger partial charge in [0.25, 0.3) is 0 Å². The minimum Gasteiger partial charge on any atom is -0.544 e. The molecule has 3 nitrogen and oxygen atoms in total. The van der Waals surface area contributed by atoms with Gasteiger partial charge in [0.05, 0.1) is 6.61 Å². The molecule has 0 spiro atoms. The number of carbonyl (C=O) groups excluding carboxylic acids is 1. The molecule has 0 heterocycles. The Morgan fingerprint density at radius 1 is 1.15 bits per heavy atom. The third-order valence-corrected chi connectivity index (χ3v) is 4.63. The third-order valence-electron chi connectivity index (χ3n) is 3.80. The summed E-state index contributed by atoms with van der Waals surface area (Å²) in [5, 5.41) is 0. The molecule has 0 saturated carbocycles. The molecule has 0 saturated heterocycles. The van der Waals surface area contributed by atoms with Crippen LogP contribution in [-0.2, 0) is 9.53 Å². The summed E-state index contributed by atoms with van der Waals surface area (Å²) in [5.41, 5.74) is 2.26. The first-order valence-electron chi connectivity index (χ1n) is 9.43. The van der Waals surface area contributed by atoms with E-state index in [1.54, 1.807) is 6.08 Å². The Hall–Kier alpha value is -1.81. The number of hydrogen-bond donors (Lipinski definition) is 0. The molecule has 0 aliphatic carbocycles. The predicted octanol–water partition coefficient (Wildman–Crippen LogP) is 6.23. The molecule has 1 unspecified atom stereocenters. The topological polar surface area (TPSA) is 35.5 Å². The maximum atomic E-state index is 11.9. The minimum absolute atomic E-state index is 0.302. The van der Waals surface area contributed by atoms with Crippen molar-refractivity contribution >= 4 is 20.4 Å². The molecule has 0 radical (unpaired) electrons. The van der Waals surface area contributed by atoms with E-state index in [1.807, 2.05) is 24.3 Å². The molecule has 0 amide bonds. The molecule has 0 aliphatic heterocycles. The van der Waals surface area contributed by atoms with Gasteiger partial charge in [-0.3, -0.25) is 0 Å². The fourth-order valence-corrected chi connectivity index (χ4v) is 3.25. The normalized spacial score (nSPS) is 12.7. The van der Waals surface area contributed by atoms with E-state index in [-0.39, 0.29) is 5.97 Å². The molecule has 4 heteroatoms. The monoisotopic (exact) mass is 374 g/mol. The Balaban J connectivity index is 2.45. The Kier molecular flexibility index (Phi) is 9.42. The van der Waals surface area contributed by atoms with Crippen LogP contribution in [0.2, 0.25) is 19.6 Å². The lowest BCUT2D eigenvalue weighted by Crippen LogP contribution is -2.29. The largest absolute Gasteiger partial charge is 0.544 e. The molecule has 144 valence electrons. The number of carbonyl (C=O) groups is 1. The molecule has 1 atom stereocenters. The van der Waals surface area contributed by atoms with E-state index in [0.717, 1.165) is 30.6 Å². The summed E-state index contributed by atoms with van der Waals surface area (Å²) in [4.78, 5) is 11.9. The van der Waals surface area contributed by atoms with Crippen molar-refractivity contribution in [2.24, 2.45) is 5.92 Å². The van der Waals surface area contributed by atoms with Gasteiger partial charge >= 0.3 is 5.97 Å². The van der Waals surface area contributed by atoms with Crippen molar-refractivity contribution in [1.82, 2.24) is 0 Å². The van der Waals surface area contributed by atoms with Crippen molar-refractivity contribution in [1.29, 1.82) is 0 Å². The number of benzene rings is 1. The zero-order valence-corrected chi connectivity index (χ0v) is 18.2. The first kappa shape index (κ1) is 22.2. The van der Waals surface area contributed by atoms with Crippen LogP contribution in [0.1, 0.15) is 45.6 Å². The van der Waals surface area contributed by atoms with Crippen molar-refractivity contribution in [3.8, 4) is 5.75 Å². The number of rotatable bonds is 10. The summed E-state index contributed by atoms with van der Waals surface area (Å²) in [5.74, 6) is 1.07. The van der Waals surface area contributed by atoms with Crippen molar-refractivity contribution in [2.45, 2.75) is 59.7 Å². The first-order valence-corrected chi connectivity index (χ1v) is 12.8. The fourth-order valence-electron chi connectivity index (χ4n) is 2.41. The van der Waals surface area contributed by atoms with Crippen LogP contribution in [-0.4, -0.2) is 20.9 Å². The van der Waals surface area contributed by atoms with Crippen LogP contribution in [0, 0.1) is 5.92 Å². The van der Waals surface area contributed by atoms with Gasteiger partial charge in [-0.2, -0.15) is 0 Å². The van der Waals surface area contributed by atoms with Crippen molar-refractivity contribution < 1.29 is 14.0 Å². The Labute approximate surface area is 160 Å². The number of allylic oxidation sites excluding steroid dienone is 2. The fraction of sp³-hybridized carbons (Fsp3) is 0.500. The lowest BCUT2D eigenvalue weighted by Gasteiger charge is -2.20. The zero-order chi connectivity index (χ0) is 19.6. The smallest absolute Gasteiger partial charge is 0.330 e. The minimum atomic E-state index is -1.69. The average Bonchev–Trinajstić information content (AvgIpc) is 2.52. The molecular formula is C22H34O3Si. The van der Waals surface area contributed by atoms with E-state index in [9.17, 15) is 4.79 Å². The molecule has 1 aromatic rings. The van der Waals surface area contributed by atoms with Gasteiger partial charge < -0.3 is 9.16 Å². The molecule has 0 fully saturated rings. The van der Waals surface area contributed by atoms with Gasteiger partial charge in [-0.25, -0.2) is 4.79 Å². The Morgan fingerprint density at radius 2 is 1.85 bits per heavy atom. The molecule has 0 bridgehead atoms. The lowest BCUT2D eigenvalue weighted by atomic mass is 10.0. The van der Waals surface area contributed by atoms with Crippen molar-refractivity contribution in [3.63, 3.8) is 0 Å². The maximum absolute atomic E-state index is 11.9. The second-order valence-electron chi connectivity index (χ2n) is 8.01. The van der Waals surface area contributed by atoms with Gasteiger partial charge in [0.2, 0.25) is 8.32 Å². The van der Waals surface area contributed by atoms with Crippen molar-refractivity contribution in [2.75, 3.05) is 6.61 Å². The second-order valence-corrected chi connectivity index (χ2v) is 12.4. The third kappa shape index (κ3) is 10.2. The van der Waals surface area contributed by atoms with Crippen LogP contribution < -0.4 is 4.43 Å². The Morgan fingerprint density at radius 3 is 2.50 bits per heavy atom. The van der Waals surface area contributed by atoms with Gasteiger partial charge in [0, 0.05) is 11.6 Å². The van der Waals surface area contributed by atoms with E-state index in [0.29, 0.717) is 12.5 Å². The first-order chi connectivity index (χ1) is 12.2. The van der Waals surface area contributed by atoms with Crippen LogP contribution >= 0.6 is 0 Å². The highest BCUT2D eigenvalue weighted by atomic mass is 28.4. The maximum Gasteiger partial charge on any atom is 0.330 e. The van der Waals surface area contributed by atoms with E-state index in [2.05, 4.69) is 46.5 Å². The summed E-state index contributed by atoms with van der Waals surface area (Å²) in [6, 6.07) is 7.78. The van der Waals surface area contributed by atoms with E-state index in [1.165, 1.54) is 11.6 Å². The molecule has 1 rings (SSSR count). The number of hydrogen-bond acceptors (Lipinski definition) is 3. The van der Waals surface area contributed by atoms with Crippen LogP contribution in [0.25, 0.3) is 6.08 Å². The van der Waals surface area contributed by atoms with E-state index >= 15 is 0 Å². The highest BCUT2D eigenvalue weighted by Gasteiger charge is 2.17. The van der Waals surface area contributed by atoms with Gasteiger partial charge in [0.1, 0.15) is 5.75 Å². The van der Waals surface area contributed by atoms with Gasteiger partial charge in [-0.1, -0.05) is 36.8 Å². The molecular weight excluding hydrogens is 340 g/mol. The average molecular weight is 375 g/mol. The van der Waals surface area contributed by atoms with Crippen LogP contribution in [0.4, 0.5) is 0 Å². The van der Waals surface area contributed by atoms with Gasteiger partial charge in [0.15, 0.2) is 0 Å². The summed E-state index contributed by atoms with van der Waals surface area (Å²) in [6.07, 6.45) is 8.62. The quantitative estimate of drug-likeness (QED) is 0.211. The zero-order valence-electron chi connectivity index (χ0n) is 17.2. The summed E-state index contributed by atoms with van der Waals surface area (Å²) < 4.78 is 11.4. The standard InChI is InChI=1S/C22H34O3Si/c1-18(2)10-9-11-19(3)16-17-24-22(23)15-14-20-12-7-8-13-21(20)25-26(4,5)6/h7-8,10,12-15,19H,9,11,16-17H2,1-6H3. The molecule has 0 aliphatic rings. The van der Waals surface area contributed by atoms with Gasteiger partial charge in [-0.05, 0) is 70.8 Å². The summed E-state index contributed by atoms with van der Waals surface area (Å²) in [6.45, 7) is 13.3. The highest BCUT2D eigenvalue weighted by molar-refractivity contribution is 6.70. The number of ether oxygens (including phenoxy) is 1. The number of para-hydroxylation sites is 1. The molecule has 26 heavy (non-hydrogen) atoms. The summed E-state index contributed by atoms with van der Waals surface area (Å²) >= 11 is 0. The lowest BCUT2D eigenvalue weighted by molar-refractivity contribution is -0.138. The summed E-state index contributed by atoms with van der Waals surface area (Å²) in [7, 11) is -1.69. The number of esters is 1. The van der Waals surface area contributed by atoms with E-state index < -0.39 is 8.32 Å². The van der Waals surface area contributed by atoms with Crippen LogP contribution in [0.5, 0.6) is 5.75 Å². The second kappa shape index (κ2) is 11.0. The van der Waals surface area contributed by atoms with Crippen LogP contribution in [0.15, 0.2) is 42.0 Å². The molecule has 0 N–H and O–H groups in total. The predicted molar refractivity (Wildman–Crippen MR) is 113 cm³/mol. The SMILES string of the molecule is CC(C)=CCCC(C)CCOC(=O)C=Cc1ccccc1O[Si](C)(C)C. The molecule has 0 aromatic heterocycles. The van der Waals surface area contributed by atoms with Crippen LogP contribution in [0.3, 0.4) is 0 Å². The Bertz CT molecular complexity index is 623. The van der Waals surface area contributed by atoms with Gasteiger partial charge in [-0.15, -0.1) is 0 Å². The van der Waals surface area contributed by atoms with Crippen molar-refractivity contribution in [3.05, 3.63) is 47.6 Å².